The highest BCUT2D eigenvalue weighted by molar-refractivity contribution is 5.97. The molecule has 0 aliphatic heterocycles. The number of hydrogen-bond donors (Lipinski definition) is 2. The van der Waals surface area contributed by atoms with Crippen molar-refractivity contribution in [3.05, 3.63) is 0 Å². The standard InChI is InChI=1S/C14H22N2O4/c1-9(17)7-13(19)15-11-5-3-4-6-12(11)16-14(20)8-10(2)18/h11-12H,3-8H2,1-2H3,(H,15,19)(H,16,20)/t11-,12+. The quantitative estimate of drug-likeness (QED) is 0.693. The number of carbonyl (C=O) groups excluding carboxylic acids is 4. The van der Waals surface area contributed by atoms with E-state index in [-0.39, 0.29) is 48.3 Å². The Morgan fingerprint density at radius 1 is 0.800 bits per heavy atom. The fourth-order valence-electron chi connectivity index (χ4n) is 2.44. The van der Waals surface area contributed by atoms with Gasteiger partial charge in [-0.25, -0.2) is 0 Å². The Kier molecular flexibility index (Phi) is 6.35. The topological polar surface area (TPSA) is 92.3 Å². The number of rotatable bonds is 6. The van der Waals surface area contributed by atoms with E-state index in [0.717, 1.165) is 25.7 Å². The number of hydrogen-bond acceptors (Lipinski definition) is 4. The van der Waals surface area contributed by atoms with Crippen LogP contribution in [0.1, 0.15) is 52.4 Å². The largest absolute Gasteiger partial charge is 0.351 e. The van der Waals surface area contributed by atoms with Crippen LogP contribution in [0.2, 0.25) is 0 Å². The number of nitrogens with one attached hydrogen (secondary N) is 2. The molecule has 2 amide bonds. The molecular weight excluding hydrogens is 260 g/mol. The van der Waals surface area contributed by atoms with Gasteiger partial charge in [0, 0.05) is 12.1 Å². The fraction of sp³-hybridized carbons (Fsp3) is 0.714. The molecule has 0 heterocycles. The Morgan fingerprint density at radius 3 is 1.45 bits per heavy atom. The van der Waals surface area contributed by atoms with Gasteiger partial charge in [0.15, 0.2) is 0 Å². The van der Waals surface area contributed by atoms with Crippen molar-refractivity contribution in [1.29, 1.82) is 0 Å². The van der Waals surface area contributed by atoms with Crippen LogP contribution in [0.15, 0.2) is 0 Å². The predicted octanol–water partition coefficient (Wildman–Crippen LogP) is 0.488. The van der Waals surface area contributed by atoms with Crippen LogP contribution in [-0.2, 0) is 19.2 Å². The summed E-state index contributed by atoms with van der Waals surface area (Å²) in [6.07, 6.45) is 3.23. The molecule has 112 valence electrons. The van der Waals surface area contributed by atoms with Crippen molar-refractivity contribution in [3.8, 4) is 0 Å². The lowest BCUT2D eigenvalue weighted by molar-refractivity contribution is -0.130. The van der Waals surface area contributed by atoms with Crippen LogP contribution in [0.3, 0.4) is 0 Å². The van der Waals surface area contributed by atoms with Crippen molar-refractivity contribution in [2.24, 2.45) is 0 Å². The Bertz CT molecular complexity index is 368. The molecule has 6 nitrogen and oxygen atoms in total. The summed E-state index contributed by atoms with van der Waals surface area (Å²) in [5.41, 5.74) is 0. The molecule has 0 radical (unpaired) electrons. The fourth-order valence-corrected chi connectivity index (χ4v) is 2.44. The normalized spacial score (nSPS) is 21.9. The third-order valence-corrected chi connectivity index (χ3v) is 3.28. The van der Waals surface area contributed by atoms with E-state index in [4.69, 9.17) is 0 Å². The van der Waals surface area contributed by atoms with Gasteiger partial charge in [0.25, 0.3) is 0 Å². The number of carbonyl (C=O) groups is 4. The molecule has 0 saturated heterocycles. The Morgan fingerprint density at radius 2 is 1.15 bits per heavy atom. The Balaban J connectivity index is 2.53. The van der Waals surface area contributed by atoms with E-state index in [1.807, 2.05) is 0 Å². The molecule has 1 aliphatic rings. The third kappa shape index (κ3) is 5.95. The molecule has 0 bridgehead atoms. The van der Waals surface area contributed by atoms with Crippen LogP contribution in [0.5, 0.6) is 0 Å². The van der Waals surface area contributed by atoms with Crippen LogP contribution < -0.4 is 10.6 Å². The van der Waals surface area contributed by atoms with Gasteiger partial charge in [-0.05, 0) is 26.7 Å². The van der Waals surface area contributed by atoms with Gasteiger partial charge in [-0.3, -0.25) is 19.2 Å². The molecule has 0 spiro atoms. The molecule has 1 aliphatic carbocycles. The second-order valence-electron chi connectivity index (χ2n) is 5.39. The lowest BCUT2D eigenvalue weighted by Crippen LogP contribution is -2.53. The van der Waals surface area contributed by atoms with E-state index >= 15 is 0 Å². The molecule has 2 atom stereocenters. The van der Waals surface area contributed by atoms with E-state index in [9.17, 15) is 19.2 Å². The zero-order chi connectivity index (χ0) is 15.1. The van der Waals surface area contributed by atoms with Gasteiger partial charge < -0.3 is 10.6 Å². The van der Waals surface area contributed by atoms with E-state index in [1.54, 1.807) is 0 Å². The second-order valence-corrected chi connectivity index (χ2v) is 5.39. The maximum Gasteiger partial charge on any atom is 0.227 e. The minimum absolute atomic E-state index is 0.134. The minimum atomic E-state index is -0.310. The number of ketones is 2. The van der Waals surface area contributed by atoms with Crippen molar-refractivity contribution in [1.82, 2.24) is 10.6 Å². The van der Waals surface area contributed by atoms with Crippen LogP contribution in [0.25, 0.3) is 0 Å². The molecule has 1 rings (SSSR count). The summed E-state index contributed by atoms with van der Waals surface area (Å²) in [4.78, 5) is 45.1. The van der Waals surface area contributed by atoms with E-state index in [0.29, 0.717) is 0 Å². The van der Waals surface area contributed by atoms with E-state index in [1.165, 1.54) is 13.8 Å². The molecule has 0 aromatic heterocycles. The van der Waals surface area contributed by atoms with Crippen LogP contribution in [-0.4, -0.2) is 35.5 Å². The predicted molar refractivity (Wildman–Crippen MR) is 72.9 cm³/mol. The zero-order valence-corrected chi connectivity index (χ0v) is 12.0. The van der Waals surface area contributed by atoms with Crippen molar-refractivity contribution in [2.75, 3.05) is 0 Å². The lowest BCUT2D eigenvalue weighted by atomic mass is 9.90. The lowest BCUT2D eigenvalue weighted by Gasteiger charge is -2.32. The average Bonchev–Trinajstić information content (AvgIpc) is 2.29. The monoisotopic (exact) mass is 282 g/mol. The summed E-state index contributed by atoms with van der Waals surface area (Å²) in [6.45, 7) is 2.74. The number of Topliss-reactive ketones (excluding diaryl/α,β-unsaturated/α-hetero) is 2. The summed E-state index contributed by atoms with van der Waals surface area (Å²) in [7, 11) is 0. The summed E-state index contributed by atoms with van der Waals surface area (Å²) in [5, 5.41) is 5.60. The summed E-state index contributed by atoms with van der Waals surface area (Å²) in [6, 6.07) is -0.321. The summed E-state index contributed by atoms with van der Waals surface area (Å²) >= 11 is 0. The van der Waals surface area contributed by atoms with E-state index < -0.39 is 0 Å². The van der Waals surface area contributed by atoms with Gasteiger partial charge in [0.2, 0.25) is 11.8 Å². The zero-order valence-electron chi connectivity index (χ0n) is 12.0. The molecule has 6 heteroatoms. The van der Waals surface area contributed by atoms with Crippen molar-refractivity contribution in [2.45, 2.75) is 64.5 Å². The SMILES string of the molecule is CC(=O)CC(=O)N[C@H]1CCCC[C@H]1NC(=O)CC(C)=O. The Labute approximate surface area is 118 Å². The summed E-state index contributed by atoms with van der Waals surface area (Å²) in [5.74, 6) is -0.989. The van der Waals surface area contributed by atoms with Gasteiger partial charge in [-0.1, -0.05) is 12.8 Å². The molecule has 0 unspecified atom stereocenters. The second kappa shape index (κ2) is 7.77. The number of amides is 2. The molecule has 2 N–H and O–H groups in total. The first-order valence-corrected chi connectivity index (χ1v) is 6.96. The van der Waals surface area contributed by atoms with Gasteiger partial charge in [-0.15, -0.1) is 0 Å². The highest BCUT2D eigenvalue weighted by atomic mass is 16.2. The average molecular weight is 282 g/mol. The maximum atomic E-state index is 11.6. The summed E-state index contributed by atoms with van der Waals surface area (Å²) < 4.78 is 0. The van der Waals surface area contributed by atoms with Crippen LogP contribution in [0, 0.1) is 0 Å². The molecule has 1 saturated carbocycles. The smallest absolute Gasteiger partial charge is 0.227 e. The van der Waals surface area contributed by atoms with Crippen molar-refractivity contribution >= 4 is 23.4 Å². The molecular formula is C14H22N2O4. The van der Waals surface area contributed by atoms with Gasteiger partial charge in [0.05, 0.1) is 12.8 Å². The maximum absolute atomic E-state index is 11.6. The minimum Gasteiger partial charge on any atom is -0.351 e. The molecule has 0 aromatic rings. The first kappa shape index (κ1) is 16.3. The van der Waals surface area contributed by atoms with Gasteiger partial charge >= 0.3 is 0 Å². The van der Waals surface area contributed by atoms with Crippen LogP contribution in [0.4, 0.5) is 0 Å². The van der Waals surface area contributed by atoms with Gasteiger partial charge in [-0.2, -0.15) is 0 Å². The van der Waals surface area contributed by atoms with E-state index in [2.05, 4.69) is 10.6 Å². The first-order valence-electron chi connectivity index (χ1n) is 6.96. The third-order valence-electron chi connectivity index (χ3n) is 3.28. The first-order chi connectivity index (χ1) is 9.38. The van der Waals surface area contributed by atoms with Gasteiger partial charge in [0.1, 0.15) is 11.6 Å². The van der Waals surface area contributed by atoms with Crippen molar-refractivity contribution < 1.29 is 19.2 Å². The highest BCUT2D eigenvalue weighted by Gasteiger charge is 2.28. The van der Waals surface area contributed by atoms with Crippen molar-refractivity contribution in [3.63, 3.8) is 0 Å². The highest BCUT2D eigenvalue weighted by Crippen LogP contribution is 2.19. The van der Waals surface area contributed by atoms with Crippen LogP contribution >= 0.6 is 0 Å². The molecule has 20 heavy (non-hydrogen) atoms. The molecule has 1 fully saturated rings. The Hall–Kier alpha value is -1.72. The molecule has 0 aromatic carbocycles.